The number of pyridine rings is 2. The van der Waals surface area contributed by atoms with Crippen LogP contribution >= 0.6 is 0 Å². The van der Waals surface area contributed by atoms with Gasteiger partial charge >= 0.3 is 0 Å². The fourth-order valence-corrected chi connectivity index (χ4v) is 4.78. The van der Waals surface area contributed by atoms with Gasteiger partial charge in [0.1, 0.15) is 11.9 Å². The van der Waals surface area contributed by atoms with Gasteiger partial charge in [0.05, 0.1) is 35.5 Å². The number of hydrogen-bond acceptors (Lipinski definition) is 8. The first-order chi connectivity index (χ1) is 20.1. The zero-order valence-electron chi connectivity index (χ0n) is 24.3. The highest BCUT2D eigenvalue weighted by Crippen LogP contribution is 2.38. The minimum absolute atomic E-state index is 0.0397. The van der Waals surface area contributed by atoms with Gasteiger partial charge in [0, 0.05) is 47.8 Å². The summed E-state index contributed by atoms with van der Waals surface area (Å²) in [6.07, 6.45) is 7.36. The number of fused-ring (bicyclic) bond motifs is 1. The maximum absolute atomic E-state index is 14.0. The summed E-state index contributed by atoms with van der Waals surface area (Å²) in [5.41, 5.74) is 11.3. The highest BCUT2D eigenvalue weighted by atomic mass is 19.1. The van der Waals surface area contributed by atoms with Gasteiger partial charge < -0.3 is 16.1 Å². The molecule has 1 aliphatic heterocycles. The van der Waals surface area contributed by atoms with E-state index in [1.54, 1.807) is 24.5 Å². The molecule has 2 aromatic heterocycles. The first-order valence-electron chi connectivity index (χ1n) is 14.2. The number of hydrogen-bond donors (Lipinski definition) is 4. The lowest BCUT2D eigenvalue weighted by Gasteiger charge is -2.24. The first kappa shape index (κ1) is 25.3. The fraction of sp³-hybridized carbons (Fsp3) is 0.281. The van der Waals surface area contributed by atoms with Gasteiger partial charge in [-0.3, -0.25) is 15.0 Å². The van der Waals surface area contributed by atoms with Crippen molar-refractivity contribution in [3.8, 4) is 17.3 Å². The summed E-state index contributed by atoms with van der Waals surface area (Å²) in [6.45, 7) is 7.01. The Labute approximate surface area is 240 Å². The molecule has 3 heterocycles. The van der Waals surface area contributed by atoms with Crippen LogP contribution in [0.2, 0.25) is 0 Å². The van der Waals surface area contributed by atoms with E-state index in [0.29, 0.717) is 52.0 Å². The lowest BCUT2D eigenvalue weighted by Crippen LogP contribution is -2.38. The molecule has 41 heavy (non-hydrogen) atoms. The van der Waals surface area contributed by atoms with E-state index in [0.717, 1.165) is 23.8 Å². The summed E-state index contributed by atoms with van der Waals surface area (Å²) >= 11 is 0. The zero-order chi connectivity index (χ0) is 29.5. The quantitative estimate of drug-likeness (QED) is 0.205. The van der Waals surface area contributed by atoms with Crippen LogP contribution in [0.4, 0.5) is 15.8 Å². The second-order valence-electron chi connectivity index (χ2n) is 11.6. The second kappa shape index (κ2) is 10.7. The molecule has 0 amide bonds. The van der Waals surface area contributed by atoms with Crippen molar-refractivity contribution in [2.75, 3.05) is 17.2 Å². The number of hydrazine groups is 2. The van der Waals surface area contributed by atoms with E-state index >= 15 is 0 Å². The number of anilines is 2. The number of halogens is 1. The predicted octanol–water partition coefficient (Wildman–Crippen LogP) is 6.25. The average molecular weight is 550 g/mol. The Hall–Kier alpha value is -4.68. The van der Waals surface area contributed by atoms with Crippen LogP contribution < -0.4 is 21.6 Å². The predicted molar refractivity (Wildman–Crippen MR) is 160 cm³/mol. The molecule has 1 saturated carbocycles. The normalized spacial score (nSPS) is 16.8. The third-order valence-electron chi connectivity index (χ3n) is 7.03. The van der Waals surface area contributed by atoms with Gasteiger partial charge in [-0.1, -0.05) is 39.0 Å². The molecule has 8 nitrogen and oxygen atoms in total. The van der Waals surface area contributed by atoms with Crippen molar-refractivity contribution in [3.05, 3.63) is 95.8 Å². The summed E-state index contributed by atoms with van der Waals surface area (Å²) in [6, 6.07) is 16.6. The van der Waals surface area contributed by atoms with Crippen molar-refractivity contribution in [1.82, 2.24) is 25.9 Å². The minimum Gasteiger partial charge on any atom is -0.383 e. The van der Waals surface area contributed by atoms with Gasteiger partial charge in [0.15, 0.2) is 0 Å². The molecule has 1 atom stereocenters. The Balaban J connectivity index is 1.53. The van der Waals surface area contributed by atoms with Crippen LogP contribution in [0.1, 0.15) is 52.1 Å². The van der Waals surface area contributed by atoms with E-state index in [1.807, 2.05) is 41.5 Å². The van der Waals surface area contributed by atoms with Gasteiger partial charge in [0.25, 0.3) is 0 Å². The number of aromatic nitrogens is 2. The topological polar surface area (TPSA) is 101 Å². The Morgan fingerprint density at radius 2 is 1.98 bits per heavy atom. The molecular formula is C32H33FN8. The minimum atomic E-state index is -1.52. The maximum atomic E-state index is 14.0. The van der Waals surface area contributed by atoms with Gasteiger partial charge in [-0.15, -0.1) is 5.53 Å². The molecule has 0 radical (unpaired) electrons. The number of nitrogens with one attached hydrogen (secondary N) is 4. The zero-order valence-corrected chi connectivity index (χ0v) is 23.3. The van der Waals surface area contributed by atoms with E-state index < -0.39 is 6.02 Å². The van der Waals surface area contributed by atoms with Crippen LogP contribution in [0.5, 0.6) is 0 Å². The maximum Gasteiger partial charge on any atom is 0.123 e. The summed E-state index contributed by atoms with van der Waals surface area (Å²) in [7, 11) is 0. The lowest BCUT2D eigenvalue weighted by atomic mass is 9.96. The van der Waals surface area contributed by atoms with Crippen molar-refractivity contribution >= 4 is 22.3 Å². The molecular weight excluding hydrogens is 515 g/mol. The Kier molecular flexibility index (Phi) is 6.61. The largest absolute Gasteiger partial charge is 0.383 e. The van der Waals surface area contributed by atoms with Crippen LogP contribution in [0.15, 0.2) is 78.9 Å². The molecule has 4 aromatic rings. The Bertz CT molecular complexity index is 1690. The van der Waals surface area contributed by atoms with E-state index in [-0.39, 0.29) is 11.2 Å². The fourth-order valence-electron chi connectivity index (χ4n) is 4.78. The summed E-state index contributed by atoms with van der Waals surface area (Å²) in [4.78, 5) is 9.29. The molecule has 2 aliphatic rings. The van der Waals surface area contributed by atoms with E-state index in [9.17, 15) is 11.0 Å². The molecule has 0 saturated heterocycles. The third kappa shape index (κ3) is 5.79. The van der Waals surface area contributed by atoms with Crippen molar-refractivity contribution < 1.29 is 5.76 Å². The molecule has 6 rings (SSSR count). The van der Waals surface area contributed by atoms with Crippen LogP contribution in [-0.2, 0) is 0 Å². The number of rotatable bonds is 8. The molecule has 4 N–H and O–H groups in total. The van der Waals surface area contributed by atoms with Crippen molar-refractivity contribution in [2.24, 2.45) is 5.41 Å². The second-order valence-corrected chi connectivity index (χ2v) is 11.6. The number of nitrogens with zero attached hydrogens (tertiary/aromatic N) is 4. The smallest absolute Gasteiger partial charge is 0.123 e. The highest BCUT2D eigenvalue weighted by molar-refractivity contribution is 6.03. The molecule has 0 unspecified atom stereocenters. The SMILES string of the molecule is [2H][C@](Nc1cc(-c2ccccn2)c2ncc(C#N)c(NCC(C)(C)C)c2c1)(C1=CN(C2CC2)NN1)c1ccc(F)cc1. The van der Waals surface area contributed by atoms with Crippen LogP contribution in [0, 0.1) is 22.6 Å². The van der Waals surface area contributed by atoms with Crippen LogP contribution in [0.25, 0.3) is 22.2 Å². The van der Waals surface area contributed by atoms with Gasteiger partial charge in [0.2, 0.25) is 0 Å². The van der Waals surface area contributed by atoms with Gasteiger partial charge in [-0.25, -0.2) is 4.39 Å². The number of benzene rings is 2. The molecule has 1 aliphatic carbocycles. The molecule has 0 spiro atoms. The lowest BCUT2D eigenvalue weighted by molar-refractivity contribution is 0.260. The highest BCUT2D eigenvalue weighted by Gasteiger charge is 2.32. The van der Waals surface area contributed by atoms with Crippen LogP contribution in [0.3, 0.4) is 0 Å². The molecule has 1 fully saturated rings. The van der Waals surface area contributed by atoms with E-state index in [1.165, 1.54) is 12.1 Å². The Morgan fingerprint density at radius 1 is 1.17 bits per heavy atom. The molecule has 208 valence electrons. The molecule has 9 heteroatoms. The number of nitriles is 1. The molecule has 0 bridgehead atoms. The van der Waals surface area contributed by atoms with Gasteiger partial charge in [-0.05, 0) is 60.2 Å². The molecule has 2 aromatic carbocycles. The van der Waals surface area contributed by atoms with Gasteiger partial charge in [-0.2, -0.15) is 5.26 Å². The van der Waals surface area contributed by atoms with E-state index in [2.05, 4.69) is 53.4 Å². The van der Waals surface area contributed by atoms with Crippen molar-refractivity contribution in [2.45, 2.75) is 45.7 Å². The standard InChI is InChI=1S/C32H33FN8/c1-32(2,3)19-37-29-21(16-34)17-36-31-25(27-6-4-5-13-35-27)14-23(15-26(29)31)38-30(20-7-9-22(33)10-8-20)28-18-41(40-39-28)24-11-12-24/h4-10,13-15,17-18,24,30,38-40H,11-12,19H2,1-3H3,(H,36,37)/t30-/m1/s1/i30D. The first-order valence-corrected chi connectivity index (χ1v) is 13.7. The summed E-state index contributed by atoms with van der Waals surface area (Å²) in [5, 5.41) is 19.6. The van der Waals surface area contributed by atoms with Crippen LogP contribution in [-0.4, -0.2) is 27.6 Å². The van der Waals surface area contributed by atoms with E-state index in [4.69, 9.17) is 4.98 Å². The third-order valence-corrected chi connectivity index (χ3v) is 7.03. The Morgan fingerprint density at radius 3 is 2.66 bits per heavy atom. The average Bonchev–Trinajstić information content (AvgIpc) is 3.71. The monoisotopic (exact) mass is 549 g/mol. The van der Waals surface area contributed by atoms with Crippen molar-refractivity contribution in [1.29, 1.82) is 5.26 Å². The summed E-state index contributed by atoms with van der Waals surface area (Å²) < 4.78 is 23.7. The summed E-state index contributed by atoms with van der Waals surface area (Å²) in [5.74, 6) is -0.375. The van der Waals surface area contributed by atoms with Crippen molar-refractivity contribution in [3.63, 3.8) is 0 Å².